The third-order valence-corrected chi connectivity index (χ3v) is 3.08. The van der Waals surface area contributed by atoms with E-state index in [1.807, 2.05) is 13.8 Å². The monoisotopic (exact) mass is 290 g/mol. The summed E-state index contributed by atoms with van der Waals surface area (Å²) in [5.41, 5.74) is 0. The van der Waals surface area contributed by atoms with E-state index < -0.39 is 0 Å². The molecule has 2 heterocycles. The van der Waals surface area contributed by atoms with Gasteiger partial charge in [-0.25, -0.2) is 15.0 Å². The molecule has 7 heteroatoms. The van der Waals surface area contributed by atoms with Crippen molar-refractivity contribution in [3.8, 4) is 11.6 Å². The van der Waals surface area contributed by atoms with Crippen molar-refractivity contribution < 1.29 is 4.74 Å². The number of methoxy groups -OCH3 is 1. The Morgan fingerprint density at radius 2 is 2.00 bits per heavy atom. The lowest BCUT2D eigenvalue weighted by atomic mass is 10.4. The molecule has 21 heavy (non-hydrogen) atoms. The molecule has 0 aliphatic rings. The smallest absolute Gasteiger partial charge is 0.206 e. The third kappa shape index (κ3) is 3.12. The van der Waals surface area contributed by atoms with Crippen molar-refractivity contribution >= 4 is 5.82 Å². The summed E-state index contributed by atoms with van der Waals surface area (Å²) in [6, 6.07) is 0. The second-order valence-electron chi connectivity index (χ2n) is 4.57. The molecule has 2 rings (SSSR count). The van der Waals surface area contributed by atoms with E-state index in [1.165, 1.54) is 6.33 Å². The zero-order valence-electron chi connectivity index (χ0n) is 13.1. The number of nitrogens with zero attached hydrogens (tertiary/aromatic N) is 5. The molecular weight excluding hydrogens is 268 g/mol. The largest absolute Gasteiger partial charge is 0.490 e. The Balaban J connectivity index is 2.50. The van der Waals surface area contributed by atoms with Crippen LogP contribution in [0.3, 0.4) is 0 Å². The van der Waals surface area contributed by atoms with Crippen LogP contribution in [-0.4, -0.2) is 38.4 Å². The van der Waals surface area contributed by atoms with Gasteiger partial charge in [-0.3, -0.25) is 0 Å². The Morgan fingerprint density at radius 1 is 1.19 bits per heavy atom. The molecule has 0 fully saturated rings. The minimum absolute atomic E-state index is 0.591. The Morgan fingerprint density at radius 3 is 2.62 bits per heavy atom. The molecule has 0 amide bonds. The van der Waals surface area contributed by atoms with Gasteiger partial charge < -0.3 is 10.1 Å². The molecule has 0 bridgehead atoms. The first kappa shape index (κ1) is 15.2. The number of aryl methyl sites for hydroxylation is 2. The third-order valence-electron chi connectivity index (χ3n) is 3.08. The van der Waals surface area contributed by atoms with E-state index in [0.29, 0.717) is 17.4 Å². The van der Waals surface area contributed by atoms with Crippen LogP contribution in [0.5, 0.6) is 5.75 Å². The fourth-order valence-electron chi connectivity index (χ4n) is 2.01. The van der Waals surface area contributed by atoms with Crippen LogP contribution in [-0.2, 0) is 12.8 Å². The van der Waals surface area contributed by atoms with Gasteiger partial charge in [-0.05, 0) is 6.42 Å². The van der Waals surface area contributed by atoms with Crippen LogP contribution in [0.1, 0.15) is 38.8 Å². The van der Waals surface area contributed by atoms with Crippen LogP contribution in [0.2, 0.25) is 0 Å². The van der Waals surface area contributed by atoms with Crippen molar-refractivity contribution in [2.24, 2.45) is 0 Å². The summed E-state index contributed by atoms with van der Waals surface area (Å²) in [5, 5.41) is 7.75. The average molecular weight is 290 g/mol. The number of hydrogen-bond acceptors (Lipinski definition) is 6. The summed E-state index contributed by atoms with van der Waals surface area (Å²) >= 11 is 0. The molecule has 0 saturated heterocycles. The molecule has 2 aromatic heterocycles. The lowest BCUT2D eigenvalue weighted by Crippen LogP contribution is -2.11. The summed E-state index contributed by atoms with van der Waals surface area (Å²) in [5.74, 6) is 3.56. The number of aromatic nitrogens is 5. The molecule has 1 N–H and O–H groups in total. The summed E-state index contributed by atoms with van der Waals surface area (Å²) in [6.07, 6.45) is 4.08. The predicted molar refractivity (Wildman–Crippen MR) is 81.0 cm³/mol. The van der Waals surface area contributed by atoms with E-state index in [1.54, 1.807) is 11.8 Å². The molecule has 2 aromatic rings. The van der Waals surface area contributed by atoms with Crippen LogP contribution in [0.4, 0.5) is 5.82 Å². The number of hydrogen-bond donors (Lipinski definition) is 1. The van der Waals surface area contributed by atoms with Gasteiger partial charge in [0.2, 0.25) is 11.6 Å². The van der Waals surface area contributed by atoms with Crippen molar-refractivity contribution in [1.82, 2.24) is 24.7 Å². The Hall–Kier alpha value is -2.18. The molecule has 114 valence electrons. The topological polar surface area (TPSA) is 77.8 Å². The Bertz CT molecular complexity index is 595. The molecule has 0 aliphatic heterocycles. The molecule has 0 spiro atoms. The van der Waals surface area contributed by atoms with Crippen molar-refractivity contribution in [1.29, 1.82) is 0 Å². The number of ether oxygens (including phenoxy) is 1. The normalized spacial score (nSPS) is 10.7. The molecule has 0 saturated carbocycles. The molecule has 0 aliphatic carbocycles. The summed E-state index contributed by atoms with van der Waals surface area (Å²) in [7, 11) is 1.61. The highest BCUT2D eigenvalue weighted by molar-refractivity contribution is 5.58. The van der Waals surface area contributed by atoms with Crippen LogP contribution >= 0.6 is 0 Å². The van der Waals surface area contributed by atoms with Gasteiger partial charge >= 0.3 is 0 Å². The van der Waals surface area contributed by atoms with Gasteiger partial charge in [0.25, 0.3) is 0 Å². The van der Waals surface area contributed by atoms with Crippen molar-refractivity contribution in [3.63, 3.8) is 0 Å². The van der Waals surface area contributed by atoms with Crippen molar-refractivity contribution in [2.75, 3.05) is 19.0 Å². The summed E-state index contributed by atoms with van der Waals surface area (Å²) in [6.45, 7) is 7.00. The molecule has 0 atom stereocenters. The SMILES string of the molecule is CCCNc1ncnc(-n2nc(CC)nc2CC)c1OC. The van der Waals surface area contributed by atoms with Gasteiger partial charge in [-0.2, -0.15) is 4.68 Å². The molecule has 7 nitrogen and oxygen atoms in total. The quantitative estimate of drug-likeness (QED) is 0.840. The number of anilines is 1. The van der Waals surface area contributed by atoms with Crippen LogP contribution in [0.25, 0.3) is 5.82 Å². The lowest BCUT2D eigenvalue weighted by molar-refractivity contribution is 0.408. The minimum Gasteiger partial charge on any atom is -0.490 e. The highest BCUT2D eigenvalue weighted by atomic mass is 16.5. The van der Waals surface area contributed by atoms with E-state index in [0.717, 1.165) is 37.5 Å². The first-order valence-electron chi connectivity index (χ1n) is 7.33. The standard InChI is InChI=1S/C14H22N6O/c1-5-8-15-13-12(21-4)14(17-9-16-13)20-11(7-3)18-10(6-2)19-20/h9H,5-8H2,1-4H3,(H,15,16,17). The average Bonchev–Trinajstić information content (AvgIpc) is 2.95. The maximum atomic E-state index is 5.49. The lowest BCUT2D eigenvalue weighted by Gasteiger charge is -2.13. The predicted octanol–water partition coefficient (Wildman–Crippen LogP) is 2.01. The van der Waals surface area contributed by atoms with Gasteiger partial charge in [0.1, 0.15) is 12.2 Å². The van der Waals surface area contributed by atoms with Crippen LogP contribution in [0, 0.1) is 0 Å². The fourth-order valence-corrected chi connectivity index (χ4v) is 2.01. The van der Waals surface area contributed by atoms with E-state index >= 15 is 0 Å². The number of rotatable bonds is 7. The van der Waals surface area contributed by atoms with E-state index in [-0.39, 0.29) is 0 Å². The molecular formula is C14H22N6O. The first-order valence-corrected chi connectivity index (χ1v) is 7.33. The van der Waals surface area contributed by atoms with Crippen molar-refractivity contribution in [3.05, 3.63) is 18.0 Å². The molecule has 0 aromatic carbocycles. The van der Waals surface area contributed by atoms with Gasteiger partial charge in [-0.15, -0.1) is 5.10 Å². The second kappa shape index (κ2) is 7.01. The summed E-state index contributed by atoms with van der Waals surface area (Å²) < 4.78 is 7.24. The zero-order valence-corrected chi connectivity index (χ0v) is 13.1. The maximum absolute atomic E-state index is 5.49. The highest BCUT2D eigenvalue weighted by Crippen LogP contribution is 2.28. The van der Waals surface area contributed by atoms with Gasteiger partial charge in [0.15, 0.2) is 11.6 Å². The molecule has 0 unspecified atom stereocenters. The molecule has 0 radical (unpaired) electrons. The first-order chi connectivity index (χ1) is 10.2. The Kier molecular flexibility index (Phi) is 5.08. The van der Waals surface area contributed by atoms with Gasteiger partial charge in [0, 0.05) is 19.4 Å². The second-order valence-corrected chi connectivity index (χ2v) is 4.57. The zero-order chi connectivity index (χ0) is 15.2. The maximum Gasteiger partial charge on any atom is 0.206 e. The van der Waals surface area contributed by atoms with Crippen LogP contribution in [0.15, 0.2) is 6.33 Å². The minimum atomic E-state index is 0.591. The van der Waals surface area contributed by atoms with E-state index in [2.05, 4.69) is 32.3 Å². The van der Waals surface area contributed by atoms with Crippen molar-refractivity contribution in [2.45, 2.75) is 40.0 Å². The van der Waals surface area contributed by atoms with E-state index in [4.69, 9.17) is 4.74 Å². The fraction of sp³-hybridized carbons (Fsp3) is 0.571. The number of nitrogens with one attached hydrogen (secondary N) is 1. The highest BCUT2D eigenvalue weighted by Gasteiger charge is 2.18. The summed E-state index contributed by atoms with van der Waals surface area (Å²) in [4.78, 5) is 13.1. The van der Waals surface area contributed by atoms with Crippen LogP contribution < -0.4 is 10.1 Å². The Labute approximate surface area is 124 Å². The van der Waals surface area contributed by atoms with Gasteiger partial charge in [0.05, 0.1) is 7.11 Å². The van der Waals surface area contributed by atoms with Gasteiger partial charge in [-0.1, -0.05) is 20.8 Å². The van der Waals surface area contributed by atoms with E-state index in [9.17, 15) is 0 Å².